The lowest BCUT2D eigenvalue weighted by Crippen LogP contribution is -2.27. The van der Waals surface area contributed by atoms with Gasteiger partial charge in [0, 0.05) is 6.07 Å². The minimum Gasteiger partial charge on any atom is -0.493 e. The van der Waals surface area contributed by atoms with E-state index in [2.05, 4.69) is 29.3 Å². The van der Waals surface area contributed by atoms with Crippen molar-refractivity contribution in [2.75, 3.05) is 6.61 Å². The fraction of sp³-hybridized carbons (Fsp3) is 0.682. The molecule has 0 unspecified atom stereocenters. The minimum absolute atomic E-state index is 0.214. The Morgan fingerprint density at radius 2 is 1.65 bits per heavy atom. The van der Waals surface area contributed by atoms with Crippen LogP contribution in [0.5, 0.6) is 5.75 Å². The summed E-state index contributed by atoms with van der Waals surface area (Å²) >= 11 is 4.52. The molecule has 0 heterocycles. The van der Waals surface area contributed by atoms with Gasteiger partial charge in [-0.2, -0.15) is 4.99 Å². The Hall–Kier alpha value is -1.25. The number of rotatable bonds is 6. The molecule has 0 aromatic heterocycles. The molecule has 0 amide bonds. The van der Waals surface area contributed by atoms with Gasteiger partial charge in [0.25, 0.3) is 0 Å². The van der Waals surface area contributed by atoms with Crippen molar-refractivity contribution in [2.24, 2.45) is 28.7 Å². The summed E-state index contributed by atoms with van der Waals surface area (Å²) in [5, 5.41) is 2.19. The van der Waals surface area contributed by atoms with Crippen LogP contribution in [0, 0.1) is 29.5 Å². The third kappa shape index (κ3) is 5.14. The first-order chi connectivity index (χ1) is 12.7. The molecule has 0 N–H and O–H groups in total. The quantitative estimate of drug-likeness (QED) is 0.396. The third-order valence-corrected chi connectivity index (χ3v) is 6.69. The van der Waals surface area contributed by atoms with Crippen LogP contribution in [0.3, 0.4) is 0 Å². The van der Waals surface area contributed by atoms with E-state index in [0.29, 0.717) is 18.3 Å². The number of thiocarbonyl (C=S) groups is 1. The molecule has 2 fully saturated rings. The molecule has 3 rings (SSSR count). The van der Waals surface area contributed by atoms with E-state index in [1.165, 1.54) is 63.9 Å². The summed E-state index contributed by atoms with van der Waals surface area (Å²) in [6.07, 6.45) is 12.3. The Labute approximate surface area is 162 Å². The molecule has 0 bridgehead atoms. The van der Waals surface area contributed by atoms with Gasteiger partial charge in [0.15, 0.2) is 5.82 Å². The van der Waals surface area contributed by atoms with E-state index < -0.39 is 5.82 Å². The van der Waals surface area contributed by atoms with E-state index in [-0.39, 0.29) is 5.69 Å². The second-order valence-corrected chi connectivity index (χ2v) is 8.28. The van der Waals surface area contributed by atoms with Gasteiger partial charge in [-0.15, -0.1) is 0 Å². The van der Waals surface area contributed by atoms with Crippen LogP contribution in [-0.2, 0) is 0 Å². The molecule has 0 atom stereocenters. The van der Waals surface area contributed by atoms with Crippen LogP contribution in [0.4, 0.5) is 10.1 Å². The summed E-state index contributed by atoms with van der Waals surface area (Å²) < 4.78 is 19.7. The number of hydrogen-bond donors (Lipinski definition) is 0. The van der Waals surface area contributed by atoms with Crippen LogP contribution >= 0.6 is 12.2 Å². The topological polar surface area (TPSA) is 21.6 Å². The molecule has 2 saturated carbocycles. The second kappa shape index (κ2) is 9.62. The normalized spacial score (nSPS) is 29.0. The molecule has 0 saturated heterocycles. The number of aliphatic imine (C=N–C) groups is 1. The summed E-state index contributed by atoms with van der Waals surface area (Å²) in [7, 11) is 0. The molecule has 4 heteroatoms. The first kappa shape index (κ1) is 19.5. The van der Waals surface area contributed by atoms with Gasteiger partial charge in [-0.05, 0) is 86.5 Å². The first-order valence-corrected chi connectivity index (χ1v) is 10.6. The molecule has 2 aliphatic rings. The molecule has 0 radical (unpaired) electrons. The minimum atomic E-state index is -0.411. The van der Waals surface area contributed by atoms with Gasteiger partial charge in [-0.3, -0.25) is 0 Å². The number of halogens is 1. The predicted molar refractivity (Wildman–Crippen MR) is 108 cm³/mol. The number of ether oxygens (including phenoxy) is 1. The van der Waals surface area contributed by atoms with Gasteiger partial charge >= 0.3 is 0 Å². The molecular formula is C22H30FNOS. The summed E-state index contributed by atoms with van der Waals surface area (Å²) in [5.41, 5.74) is 0.214. The molecule has 1 aromatic rings. The smallest absolute Gasteiger partial charge is 0.153 e. The van der Waals surface area contributed by atoms with Crippen molar-refractivity contribution in [2.45, 2.75) is 64.7 Å². The average molecular weight is 376 g/mol. The van der Waals surface area contributed by atoms with E-state index in [1.807, 2.05) is 0 Å². The molecule has 26 heavy (non-hydrogen) atoms. The standard InChI is InChI=1S/C22H30FNOS/c1-2-16-3-7-18(8-4-16)19-9-5-17(6-10-19)14-25-20-11-12-22(24-15-26)21(23)13-20/h11-13,16-19H,2-10,14H2,1H3. The number of nitrogens with zero attached hydrogens (tertiary/aromatic N) is 1. The zero-order chi connectivity index (χ0) is 18.4. The van der Waals surface area contributed by atoms with Gasteiger partial charge in [-0.25, -0.2) is 4.39 Å². The molecule has 0 spiro atoms. The van der Waals surface area contributed by atoms with Crippen molar-refractivity contribution in [1.29, 1.82) is 0 Å². The maximum absolute atomic E-state index is 13.9. The lowest BCUT2D eigenvalue weighted by Gasteiger charge is -2.37. The Balaban J connectivity index is 1.42. The zero-order valence-electron chi connectivity index (χ0n) is 15.8. The molecule has 2 aliphatic carbocycles. The van der Waals surface area contributed by atoms with Gasteiger partial charge < -0.3 is 4.74 Å². The highest BCUT2D eigenvalue weighted by atomic mass is 32.1. The van der Waals surface area contributed by atoms with E-state index >= 15 is 0 Å². The highest BCUT2D eigenvalue weighted by Crippen LogP contribution is 2.42. The van der Waals surface area contributed by atoms with Crippen LogP contribution in [0.2, 0.25) is 0 Å². The third-order valence-electron chi connectivity index (χ3n) is 6.60. The molecule has 1 aromatic carbocycles. The summed E-state index contributed by atoms with van der Waals surface area (Å²) in [6, 6.07) is 4.74. The van der Waals surface area contributed by atoms with E-state index in [1.54, 1.807) is 12.1 Å². The maximum atomic E-state index is 13.9. The van der Waals surface area contributed by atoms with Crippen molar-refractivity contribution in [1.82, 2.24) is 0 Å². The highest BCUT2D eigenvalue weighted by Gasteiger charge is 2.30. The number of benzene rings is 1. The molecular weight excluding hydrogens is 345 g/mol. The molecule has 2 nitrogen and oxygen atoms in total. The van der Waals surface area contributed by atoms with Gasteiger partial charge in [0.05, 0.1) is 11.8 Å². The zero-order valence-corrected chi connectivity index (χ0v) is 16.6. The number of isothiocyanates is 1. The summed E-state index contributed by atoms with van der Waals surface area (Å²) in [4.78, 5) is 3.69. The molecule has 0 aliphatic heterocycles. The molecule has 142 valence electrons. The Kier molecular flexibility index (Phi) is 7.22. The van der Waals surface area contributed by atoms with Crippen molar-refractivity contribution < 1.29 is 9.13 Å². The summed E-state index contributed by atoms with van der Waals surface area (Å²) in [5.74, 6) is 3.63. The monoisotopic (exact) mass is 375 g/mol. The lowest BCUT2D eigenvalue weighted by atomic mass is 9.69. The van der Waals surface area contributed by atoms with Crippen molar-refractivity contribution in [3.63, 3.8) is 0 Å². The van der Waals surface area contributed by atoms with Crippen LogP contribution in [0.15, 0.2) is 23.2 Å². The van der Waals surface area contributed by atoms with Gasteiger partial charge in [-0.1, -0.05) is 26.2 Å². The van der Waals surface area contributed by atoms with Crippen LogP contribution in [-0.4, -0.2) is 11.8 Å². The first-order valence-electron chi connectivity index (χ1n) is 10.2. The average Bonchev–Trinajstić information content (AvgIpc) is 2.69. The Morgan fingerprint density at radius 3 is 2.19 bits per heavy atom. The maximum Gasteiger partial charge on any atom is 0.153 e. The van der Waals surface area contributed by atoms with E-state index in [9.17, 15) is 4.39 Å². The van der Waals surface area contributed by atoms with Gasteiger partial charge in [0.1, 0.15) is 11.4 Å². The Bertz CT molecular complexity index is 627. The van der Waals surface area contributed by atoms with Crippen LogP contribution in [0.1, 0.15) is 64.7 Å². The fourth-order valence-corrected chi connectivity index (χ4v) is 4.92. The Morgan fingerprint density at radius 1 is 1.04 bits per heavy atom. The van der Waals surface area contributed by atoms with E-state index in [4.69, 9.17) is 4.74 Å². The van der Waals surface area contributed by atoms with E-state index in [0.717, 1.165) is 17.8 Å². The predicted octanol–water partition coefficient (Wildman–Crippen LogP) is 6.96. The second-order valence-electron chi connectivity index (χ2n) is 8.10. The van der Waals surface area contributed by atoms with Crippen LogP contribution < -0.4 is 4.74 Å². The van der Waals surface area contributed by atoms with Crippen molar-refractivity contribution in [3.05, 3.63) is 24.0 Å². The SMILES string of the molecule is CCC1CCC(C2CCC(COc3ccc(N=C=S)c(F)c3)CC2)CC1. The number of hydrogen-bond acceptors (Lipinski definition) is 3. The fourth-order valence-electron chi connectivity index (χ4n) is 4.83. The van der Waals surface area contributed by atoms with Gasteiger partial charge in [0.2, 0.25) is 0 Å². The highest BCUT2D eigenvalue weighted by molar-refractivity contribution is 7.78. The van der Waals surface area contributed by atoms with Crippen molar-refractivity contribution >= 4 is 23.1 Å². The lowest BCUT2D eigenvalue weighted by molar-refractivity contribution is 0.123. The van der Waals surface area contributed by atoms with Crippen LogP contribution in [0.25, 0.3) is 0 Å². The van der Waals surface area contributed by atoms with Crippen molar-refractivity contribution in [3.8, 4) is 5.75 Å². The summed E-state index contributed by atoms with van der Waals surface area (Å²) in [6.45, 7) is 3.02. The largest absolute Gasteiger partial charge is 0.493 e.